The van der Waals surface area contributed by atoms with Gasteiger partial charge in [-0.3, -0.25) is 0 Å². The normalized spacial score (nSPS) is 17.5. The zero-order valence-corrected chi connectivity index (χ0v) is 19.7. The van der Waals surface area contributed by atoms with Crippen LogP contribution in [0.1, 0.15) is 43.4 Å². The molecule has 0 amide bonds. The van der Waals surface area contributed by atoms with Gasteiger partial charge in [0, 0.05) is 37.2 Å². The molecular formula is C24H32FN9. The molecule has 2 aliphatic rings. The first-order valence-electron chi connectivity index (χ1n) is 12.1. The number of hydrogen-bond donors (Lipinski definition) is 2. The molecule has 0 spiro atoms. The van der Waals surface area contributed by atoms with Crippen molar-refractivity contribution < 1.29 is 4.39 Å². The standard InChI is InChI=1S/C24H32FN9/c1-32-11-6-12-33(14-13-32)21-10-9-18(15-19(21)25)28-23-30-22(26)34(31-23)24-27-16-17-7-4-2-3-5-8-20(17)29-24/h9-10,15-16H,2-8,11-14H2,1H3,(H3,26,28,30,31). The van der Waals surface area contributed by atoms with E-state index in [0.29, 0.717) is 17.3 Å². The summed E-state index contributed by atoms with van der Waals surface area (Å²) < 4.78 is 16.4. The molecule has 3 aromatic rings. The Labute approximate surface area is 199 Å². The third-order valence-electron chi connectivity index (χ3n) is 6.64. The minimum Gasteiger partial charge on any atom is -0.368 e. The highest BCUT2D eigenvalue weighted by molar-refractivity contribution is 5.60. The van der Waals surface area contributed by atoms with Gasteiger partial charge in [0.15, 0.2) is 0 Å². The Balaban J connectivity index is 1.33. The van der Waals surface area contributed by atoms with Crippen molar-refractivity contribution in [2.75, 3.05) is 49.2 Å². The molecule has 1 fully saturated rings. The third-order valence-corrected chi connectivity index (χ3v) is 6.64. The smallest absolute Gasteiger partial charge is 0.254 e. The second-order valence-corrected chi connectivity index (χ2v) is 9.20. The van der Waals surface area contributed by atoms with Crippen molar-refractivity contribution in [3.8, 4) is 5.95 Å². The molecule has 180 valence electrons. The van der Waals surface area contributed by atoms with E-state index in [2.05, 4.69) is 37.2 Å². The fraction of sp³-hybridized carbons (Fsp3) is 0.500. The fourth-order valence-corrected chi connectivity index (χ4v) is 4.70. The number of nitrogens with one attached hydrogen (secondary N) is 1. The molecule has 1 aliphatic carbocycles. The molecule has 0 atom stereocenters. The Bertz CT molecular complexity index is 1150. The summed E-state index contributed by atoms with van der Waals surface area (Å²) in [6, 6.07) is 5.12. The Kier molecular flexibility index (Phi) is 6.57. The van der Waals surface area contributed by atoms with Gasteiger partial charge in [-0.25, -0.2) is 14.4 Å². The first-order chi connectivity index (χ1) is 16.6. The predicted octanol–water partition coefficient (Wildman–Crippen LogP) is 3.32. The van der Waals surface area contributed by atoms with Gasteiger partial charge >= 0.3 is 0 Å². The first-order valence-corrected chi connectivity index (χ1v) is 12.1. The summed E-state index contributed by atoms with van der Waals surface area (Å²) in [7, 11) is 2.10. The lowest BCUT2D eigenvalue weighted by molar-refractivity contribution is 0.360. The molecule has 3 N–H and O–H groups in total. The van der Waals surface area contributed by atoms with Crippen LogP contribution < -0.4 is 16.0 Å². The maximum absolute atomic E-state index is 15.0. The number of aryl methyl sites for hydroxylation is 2. The van der Waals surface area contributed by atoms with Crippen molar-refractivity contribution in [2.45, 2.75) is 44.9 Å². The van der Waals surface area contributed by atoms with E-state index in [1.807, 2.05) is 18.3 Å². The summed E-state index contributed by atoms with van der Waals surface area (Å²) in [5.41, 5.74) is 9.56. The average molecular weight is 466 g/mol. The largest absolute Gasteiger partial charge is 0.368 e. The van der Waals surface area contributed by atoms with Crippen LogP contribution in [0.15, 0.2) is 24.4 Å². The van der Waals surface area contributed by atoms with Crippen LogP contribution in [0.5, 0.6) is 0 Å². The van der Waals surface area contributed by atoms with Gasteiger partial charge in [-0.1, -0.05) is 12.8 Å². The molecule has 1 aromatic carbocycles. The van der Waals surface area contributed by atoms with Crippen molar-refractivity contribution in [2.24, 2.45) is 0 Å². The highest BCUT2D eigenvalue weighted by Crippen LogP contribution is 2.26. The summed E-state index contributed by atoms with van der Waals surface area (Å²) in [6.45, 7) is 3.60. The molecule has 1 aliphatic heterocycles. The number of benzene rings is 1. The SMILES string of the molecule is CN1CCCN(c2ccc(Nc3nc(N)n(-c4ncc5c(n4)CCCCCC5)n3)cc2F)CC1. The number of rotatable bonds is 4. The molecule has 0 bridgehead atoms. The lowest BCUT2D eigenvalue weighted by Crippen LogP contribution is -2.29. The fourth-order valence-electron chi connectivity index (χ4n) is 4.70. The number of aromatic nitrogens is 5. The zero-order chi connectivity index (χ0) is 23.5. The molecular weight excluding hydrogens is 433 g/mol. The number of hydrogen-bond acceptors (Lipinski definition) is 8. The van der Waals surface area contributed by atoms with Crippen molar-refractivity contribution in [1.82, 2.24) is 29.6 Å². The van der Waals surface area contributed by atoms with E-state index in [1.165, 1.54) is 35.6 Å². The zero-order valence-electron chi connectivity index (χ0n) is 19.7. The second kappa shape index (κ2) is 9.92. The molecule has 34 heavy (non-hydrogen) atoms. The van der Waals surface area contributed by atoms with E-state index >= 15 is 0 Å². The van der Waals surface area contributed by atoms with Crippen LogP contribution in [0.3, 0.4) is 0 Å². The quantitative estimate of drug-likeness (QED) is 0.605. The summed E-state index contributed by atoms with van der Waals surface area (Å²) in [5, 5.41) is 7.50. The van der Waals surface area contributed by atoms with Crippen molar-refractivity contribution in [3.63, 3.8) is 0 Å². The van der Waals surface area contributed by atoms with E-state index in [9.17, 15) is 4.39 Å². The molecule has 10 heteroatoms. The summed E-state index contributed by atoms with van der Waals surface area (Å²) in [6.07, 6.45) is 9.60. The van der Waals surface area contributed by atoms with Crippen LogP contribution in [-0.4, -0.2) is 62.9 Å². The van der Waals surface area contributed by atoms with Gasteiger partial charge in [-0.2, -0.15) is 9.67 Å². The van der Waals surface area contributed by atoms with Crippen LogP contribution in [0.25, 0.3) is 5.95 Å². The van der Waals surface area contributed by atoms with Crippen LogP contribution >= 0.6 is 0 Å². The Morgan fingerprint density at radius 1 is 0.971 bits per heavy atom. The molecule has 9 nitrogen and oxygen atoms in total. The Morgan fingerprint density at radius 2 is 1.82 bits per heavy atom. The molecule has 0 saturated carbocycles. The van der Waals surface area contributed by atoms with Gasteiger partial charge in [0.25, 0.3) is 5.95 Å². The molecule has 0 unspecified atom stereocenters. The number of nitrogens with zero attached hydrogens (tertiary/aromatic N) is 7. The predicted molar refractivity (Wildman–Crippen MR) is 131 cm³/mol. The lowest BCUT2D eigenvalue weighted by atomic mass is 9.98. The molecule has 2 aromatic heterocycles. The van der Waals surface area contributed by atoms with E-state index in [0.717, 1.165) is 57.6 Å². The van der Waals surface area contributed by atoms with Crippen molar-refractivity contribution in [1.29, 1.82) is 0 Å². The van der Waals surface area contributed by atoms with Gasteiger partial charge in [0.05, 0.1) is 5.69 Å². The number of anilines is 4. The number of halogens is 1. The van der Waals surface area contributed by atoms with Crippen LogP contribution in [0, 0.1) is 5.82 Å². The maximum atomic E-state index is 15.0. The van der Waals surface area contributed by atoms with Crippen LogP contribution in [0.4, 0.5) is 27.7 Å². The van der Waals surface area contributed by atoms with E-state index in [-0.39, 0.29) is 17.7 Å². The third kappa shape index (κ3) is 4.96. The summed E-state index contributed by atoms with van der Waals surface area (Å²) in [5.74, 6) is 0.590. The summed E-state index contributed by atoms with van der Waals surface area (Å²) >= 11 is 0. The van der Waals surface area contributed by atoms with Gasteiger partial charge in [0.1, 0.15) is 5.82 Å². The lowest BCUT2D eigenvalue weighted by Gasteiger charge is -2.23. The number of nitrogens with two attached hydrogens (primary N) is 1. The summed E-state index contributed by atoms with van der Waals surface area (Å²) in [4.78, 5) is 17.9. The highest BCUT2D eigenvalue weighted by atomic mass is 19.1. The second-order valence-electron chi connectivity index (χ2n) is 9.20. The van der Waals surface area contributed by atoms with Gasteiger partial charge in [0.2, 0.25) is 11.9 Å². The van der Waals surface area contributed by atoms with E-state index in [1.54, 1.807) is 0 Å². The Hall–Kier alpha value is -3.27. The number of likely N-dealkylation sites (N-methyl/N-ethyl adjacent to an activating group) is 1. The molecule has 3 heterocycles. The number of nitrogen functional groups attached to an aromatic ring is 1. The average Bonchev–Trinajstić information content (AvgIpc) is 3.02. The van der Waals surface area contributed by atoms with Crippen molar-refractivity contribution in [3.05, 3.63) is 41.5 Å². The highest BCUT2D eigenvalue weighted by Gasteiger charge is 2.18. The van der Waals surface area contributed by atoms with Gasteiger partial charge in [-0.15, -0.1) is 5.10 Å². The Morgan fingerprint density at radius 3 is 2.68 bits per heavy atom. The first kappa shape index (κ1) is 22.5. The molecule has 0 radical (unpaired) electrons. The topological polar surface area (TPSA) is 101 Å². The number of fused-ring (bicyclic) bond motifs is 1. The maximum Gasteiger partial charge on any atom is 0.254 e. The van der Waals surface area contributed by atoms with Crippen LogP contribution in [0.2, 0.25) is 0 Å². The van der Waals surface area contributed by atoms with E-state index in [4.69, 9.17) is 10.7 Å². The minimum absolute atomic E-state index is 0.180. The monoisotopic (exact) mass is 465 g/mol. The molecule has 1 saturated heterocycles. The van der Waals surface area contributed by atoms with Crippen molar-refractivity contribution >= 4 is 23.3 Å². The minimum atomic E-state index is -0.271. The van der Waals surface area contributed by atoms with Crippen LogP contribution in [-0.2, 0) is 12.8 Å². The van der Waals surface area contributed by atoms with E-state index < -0.39 is 0 Å². The molecule has 5 rings (SSSR count). The van der Waals surface area contributed by atoms with Gasteiger partial charge < -0.3 is 20.9 Å². The van der Waals surface area contributed by atoms with Gasteiger partial charge in [-0.05, 0) is 69.5 Å².